The highest BCUT2D eigenvalue weighted by Gasteiger charge is 2.08. The summed E-state index contributed by atoms with van der Waals surface area (Å²) in [5, 5.41) is 3.52. The Bertz CT molecular complexity index is 764. The van der Waals surface area contributed by atoms with E-state index in [9.17, 15) is 9.59 Å². The summed E-state index contributed by atoms with van der Waals surface area (Å²) in [6, 6.07) is 12.6. The highest BCUT2D eigenvalue weighted by atomic mass is 35.5. The number of ether oxygens (including phenoxy) is 1. The number of benzene rings is 2. The van der Waals surface area contributed by atoms with Crippen LogP contribution in [-0.2, 0) is 15.3 Å². The van der Waals surface area contributed by atoms with Gasteiger partial charge >= 0.3 is 5.97 Å². The van der Waals surface area contributed by atoms with Gasteiger partial charge in [0.25, 0.3) is 0 Å². The highest BCUT2D eigenvalue weighted by Crippen LogP contribution is 2.20. The van der Waals surface area contributed by atoms with E-state index >= 15 is 0 Å². The zero-order chi connectivity index (χ0) is 18.2. The quantitative estimate of drug-likeness (QED) is 0.711. The van der Waals surface area contributed by atoms with Crippen LogP contribution >= 0.6 is 23.4 Å². The molecule has 0 spiro atoms. The van der Waals surface area contributed by atoms with Crippen molar-refractivity contribution in [2.75, 3.05) is 17.7 Å². The number of rotatable bonds is 7. The van der Waals surface area contributed by atoms with Gasteiger partial charge in [-0.2, -0.15) is 0 Å². The van der Waals surface area contributed by atoms with Crippen molar-refractivity contribution >= 4 is 40.9 Å². The van der Waals surface area contributed by atoms with Crippen LogP contribution < -0.4 is 5.32 Å². The topological polar surface area (TPSA) is 55.4 Å². The lowest BCUT2D eigenvalue weighted by Crippen LogP contribution is -2.15. The molecule has 0 atom stereocenters. The maximum absolute atomic E-state index is 12.1. The minimum atomic E-state index is -0.328. The number of carbonyl (C=O) groups excluding carboxylic acids is 2. The molecular weight excluding hydrogens is 358 g/mol. The lowest BCUT2D eigenvalue weighted by molar-refractivity contribution is -0.113. The summed E-state index contributed by atoms with van der Waals surface area (Å²) in [6.45, 7) is 4.02. The van der Waals surface area contributed by atoms with Crippen LogP contribution in [-0.4, -0.2) is 24.2 Å². The van der Waals surface area contributed by atoms with Gasteiger partial charge in [0.2, 0.25) is 5.91 Å². The molecule has 1 N–H and O–H groups in total. The maximum Gasteiger partial charge on any atom is 0.338 e. The zero-order valence-electron chi connectivity index (χ0n) is 14.2. The van der Waals surface area contributed by atoms with Crippen LogP contribution in [0.15, 0.2) is 42.5 Å². The number of halogens is 1. The Hall–Kier alpha value is -1.98. The van der Waals surface area contributed by atoms with E-state index in [0.717, 1.165) is 16.8 Å². The molecule has 2 aromatic rings. The van der Waals surface area contributed by atoms with Crippen LogP contribution in [0.2, 0.25) is 5.02 Å². The highest BCUT2D eigenvalue weighted by molar-refractivity contribution is 7.99. The molecule has 0 aliphatic carbocycles. The number of anilines is 1. The third-order valence-electron chi connectivity index (χ3n) is 3.40. The van der Waals surface area contributed by atoms with Crippen LogP contribution in [0.25, 0.3) is 0 Å². The molecule has 6 heteroatoms. The SMILES string of the molecule is CCOC(=O)c1cccc(CSCC(=O)Nc2ccc(Cl)cc2C)c1. The normalized spacial score (nSPS) is 10.4. The Balaban J connectivity index is 1.85. The summed E-state index contributed by atoms with van der Waals surface area (Å²) in [5.74, 6) is 0.564. The molecule has 132 valence electrons. The van der Waals surface area contributed by atoms with Gasteiger partial charge < -0.3 is 10.1 Å². The number of amides is 1. The summed E-state index contributed by atoms with van der Waals surface area (Å²) in [6.07, 6.45) is 0. The molecule has 0 aromatic heterocycles. The Morgan fingerprint density at radius 1 is 1.20 bits per heavy atom. The van der Waals surface area contributed by atoms with E-state index < -0.39 is 0 Å². The van der Waals surface area contributed by atoms with Gasteiger partial charge in [-0.05, 0) is 55.3 Å². The second-order valence-electron chi connectivity index (χ2n) is 5.42. The van der Waals surface area contributed by atoms with Crippen molar-refractivity contribution in [3.05, 3.63) is 64.2 Å². The third kappa shape index (κ3) is 6.11. The first kappa shape index (κ1) is 19.3. The van der Waals surface area contributed by atoms with E-state index in [0.29, 0.717) is 28.7 Å². The molecular formula is C19H20ClNO3S. The second-order valence-corrected chi connectivity index (χ2v) is 6.84. The monoisotopic (exact) mass is 377 g/mol. The van der Waals surface area contributed by atoms with Crippen LogP contribution in [0.1, 0.15) is 28.4 Å². The van der Waals surface area contributed by atoms with Gasteiger partial charge in [0, 0.05) is 16.5 Å². The van der Waals surface area contributed by atoms with Crippen molar-refractivity contribution in [1.29, 1.82) is 0 Å². The largest absolute Gasteiger partial charge is 0.462 e. The van der Waals surface area contributed by atoms with E-state index in [4.69, 9.17) is 16.3 Å². The van der Waals surface area contributed by atoms with E-state index in [1.807, 2.05) is 25.1 Å². The summed E-state index contributed by atoms with van der Waals surface area (Å²) in [7, 11) is 0. The second kappa shape index (κ2) is 9.49. The van der Waals surface area contributed by atoms with Gasteiger partial charge in [-0.3, -0.25) is 4.79 Å². The summed E-state index contributed by atoms with van der Waals surface area (Å²) in [4.78, 5) is 23.8. The lowest BCUT2D eigenvalue weighted by Gasteiger charge is -2.09. The number of hydrogen-bond donors (Lipinski definition) is 1. The molecule has 1 amide bonds. The fourth-order valence-electron chi connectivity index (χ4n) is 2.22. The average Bonchev–Trinajstić information content (AvgIpc) is 2.58. The van der Waals surface area contributed by atoms with Gasteiger partial charge in [0.1, 0.15) is 0 Å². The van der Waals surface area contributed by atoms with E-state index in [2.05, 4.69) is 5.32 Å². The van der Waals surface area contributed by atoms with Crippen LogP contribution in [0.3, 0.4) is 0 Å². The van der Waals surface area contributed by atoms with Crippen molar-refractivity contribution in [2.24, 2.45) is 0 Å². The fraction of sp³-hybridized carbons (Fsp3) is 0.263. The fourth-order valence-corrected chi connectivity index (χ4v) is 3.22. The average molecular weight is 378 g/mol. The number of carbonyl (C=O) groups is 2. The Morgan fingerprint density at radius 3 is 2.72 bits per heavy atom. The van der Waals surface area contributed by atoms with Gasteiger partial charge in [0.05, 0.1) is 17.9 Å². The first-order valence-corrected chi connectivity index (χ1v) is 9.42. The summed E-state index contributed by atoms with van der Waals surface area (Å²) >= 11 is 7.40. The third-order valence-corrected chi connectivity index (χ3v) is 4.64. The van der Waals surface area contributed by atoms with Gasteiger partial charge in [0.15, 0.2) is 0 Å². The smallest absolute Gasteiger partial charge is 0.338 e. The Morgan fingerprint density at radius 2 is 2.00 bits per heavy atom. The number of aryl methyl sites for hydroxylation is 1. The maximum atomic E-state index is 12.1. The van der Waals surface area contributed by atoms with Gasteiger partial charge in [-0.15, -0.1) is 11.8 Å². The summed E-state index contributed by atoms with van der Waals surface area (Å²) < 4.78 is 4.99. The lowest BCUT2D eigenvalue weighted by atomic mass is 10.1. The van der Waals surface area contributed by atoms with Crippen molar-refractivity contribution in [3.8, 4) is 0 Å². The minimum Gasteiger partial charge on any atom is -0.462 e. The Kier molecular flexibility index (Phi) is 7.34. The molecule has 2 rings (SSSR count). The van der Waals surface area contributed by atoms with Gasteiger partial charge in [-0.1, -0.05) is 23.7 Å². The molecule has 4 nitrogen and oxygen atoms in total. The Labute approximate surface area is 156 Å². The first-order chi connectivity index (χ1) is 12.0. The number of thioether (sulfide) groups is 1. The zero-order valence-corrected chi connectivity index (χ0v) is 15.7. The predicted molar refractivity (Wildman–Crippen MR) is 103 cm³/mol. The molecule has 0 unspecified atom stereocenters. The van der Waals surface area contributed by atoms with Crippen LogP contribution in [0.4, 0.5) is 5.69 Å². The van der Waals surface area contributed by atoms with E-state index in [1.165, 1.54) is 11.8 Å². The number of esters is 1. The number of hydrogen-bond acceptors (Lipinski definition) is 4. The molecule has 0 radical (unpaired) electrons. The molecule has 0 fully saturated rings. The number of nitrogens with one attached hydrogen (secondary N) is 1. The predicted octanol–water partition coefficient (Wildman–Crippen LogP) is 4.70. The van der Waals surface area contributed by atoms with Crippen molar-refractivity contribution in [2.45, 2.75) is 19.6 Å². The van der Waals surface area contributed by atoms with E-state index in [-0.39, 0.29) is 11.9 Å². The first-order valence-electron chi connectivity index (χ1n) is 7.89. The molecule has 0 aliphatic rings. The molecule has 2 aromatic carbocycles. The van der Waals surface area contributed by atoms with Crippen molar-refractivity contribution < 1.29 is 14.3 Å². The standard InChI is InChI=1S/C19H20ClNO3S/c1-3-24-19(23)15-6-4-5-14(10-15)11-25-12-18(22)21-17-8-7-16(20)9-13(17)2/h4-10H,3,11-12H2,1-2H3,(H,21,22). The van der Waals surface area contributed by atoms with Crippen LogP contribution in [0.5, 0.6) is 0 Å². The van der Waals surface area contributed by atoms with E-state index in [1.54, 1.807) is 31.2 Å². The molecule has 0 saturated carbocycles. The minimum absolute atomic E-state index is 0.0723. The van der Waals surface area contributed by atoms with Gasteiger partial charge in [-0.25, -0.2) is 4.79 Å². The summed E-state index contributed by atoms with van der Waals surface area (Å²) in [5.41, 5.74) is 3.19. The van der Waals surface area contributed by atoms with Crippen molar-refractivity contribution in [3.63, 3.8) is 0 Å². The molecule has 25 heavy (non-hydrogen) atoms. The molecule has 0 bridgehead atoms. The van der Waals surface area contributed by atoms with Crippen molar-refractivity contribution in [1.82, 2.24) is 0 Å². The molecule has 0 saturated heterocycles. The molecule has 0 aliphatic heterocycles. The van der Waals surface area contributed by atoms with Crippen LogP contribution in [0, 0.1) is 6.92 Å². The molecule has 0 heterocycles.